The molecule has 18 heavy (non-hydrogen) atoms. The van der Waals surface area contributed by atoms with Crippen molar-refractivity contribution in [3.8, 4) is 0 Å². The summed E-state index contributed by atoms with van der Waals surface area (Å²) in [5.74, 6) is 2.14. The lowest BCUT2D eigenvalue weighted by Gasteiger charge is -2.22. The Balaban J connectivity index is 1.58. The molecule has 0 aromatic rings. The van der Waals surface area contributed by atoms with Crippen molar-refractivity contribution in [1.82, 2.24) is 4.90 Å². The first-order valence-electron chi connectivity index (χ1n) is 7.80. The summed E-state index contributed by atoms with van der Waals surface area (Å²) >= 11 is 0. The zero-order valence-corrected chi connectivity index (χ0v) is 11.3. The Hall–Kier alpha value is -0.570. The van der Waals surface area contributed by atoms with Crippen LogP contribution in [0.3, 0.4) is 0 Å². The minimum Gasteiger partial charge on any atom is -0.341 e. The van der Waals surface area contributed by atoms with Crippen molar-refractivity contribution >= 4 is 5.91 Å². The van der Waals surface area contributed by atoms with Crippen LogP contribution in [0.15, 0.2) is 0 Å². The van der Waals surface area contributed by atoms with E-state index in [0.717, 1.165) is 31.8 Å². The molecule has 2 N–H and O–H groups in total. The van der Waals surface area contributed by atoms with Crippen LogP contribution < -0.4 is 5.73 Å². The molecule has 1 amide bonds. The molecule has 3 nitrogen and oxygen atoms in total. The van der Waals surface area contributed by atoms with Gasteiger partial charge >= 0.3 is 0 Å². The van der Waals surface area contributed by atoms with Crippen LogP contribution >= 0.6 is 0 Å². The molecule has 2 aliphatic carbocycles. The Kier molecular flexibility index (Phi) is 3.60. The quantitative estimate of drug-likeness (QED) is 0.763. The summed E-state index contributed by atoms with van der Waals surface area (Å²) in [7, 11) is 0. The largest absolute Gasteiger partial charge is 0.341 e. The summed E-state index contributed by atoms with van der Waals surface area (Å²) in [6.45, 7) is 1.76. The van der Waals surface area contributed by atoms with E-state index in [1.165, 1.54) is 38.5 Å². The van der Waals surface area contributed by atoms with Crippen molar-refractivity contribution in [2.45, 2.75) is 57.4 Å². The summed E-state index contributed by atoms with van der Waals surface area (Å²) in [6.07, 6.45) is 10.00. The van der Waals surface area contributed by atoms with Crippen molar-refractivity contribution < 1.29 is 4.79 Å². The van der Waals surface area contributed by atoms with Crippen LogP contribution in [0, 0.1) is 17.8 Å². The Morgan fingerprint density at radius 2 is 1.61 bits per heavy atom. The number of carbonyl (C=O) groups excluding carboxylic acids is 1. The minimum atomic E-state index is 0.243. The van der Waals surface area contributed by atoms with E-state index in [1.807, 2.05) is 0 Å². The highest BCUT2D eigenvalue weighted by molar-refractivity contribution is 5.79. The van der Waals surface area contributed by atoms with E-state index in [1.54, 1.807) is 0 Å². The molecule has 2 unspecified atom stereocenters. The number of carbonyl (C=O) groups is 1. The molecule has 3 aliphatic rings. The first kappa shape index (κ1) is 12.5. The van der Waals surface area contributed by atoms with Gasteiger partial charge in [0, 0.05) is 25.0 Å². The minimum absolute atomic E-state index is 0.243. The van der Waals surface area contributed by atoms with Gasteiger partial charge in [-0.25, -0.2) is 0 Å². The molecule has 3 heteroatoms. The third-order valence-electron chi connectivity index (χ3n) is 5.16. The lowest BCUT2D eigenvalue weighted by Crippen LogP contribution is -2.36. The lowest BCUT2D eigenvalue weighted by molar-refractivity contribution is -0.135. The molecule has 1 aliphatic heterocycles. The smallest absolute Gasteiger partial charge is 0.225 e. The van der Waals surface area contributed by atoms with Gasteiger partial charge in [0.2, 0.25) is 5.91 Å². The van der Waals surface area contributed by atoms with Gasteiger partial charge in [0.1, 0.15) is 0 Å². The molecule has 2 saturated carbocycles. The average Bonchev–Trinajstić information content (AvgIpc) is 3.16. The van der Waals surface area contributed by atoms with Gasteiger partial charge in [-0.1, -0.05) is 25.7 Å². The number of amides is 1. The monoisotopic (exact) mass is 250 g/mol. The molecule has 0 bridgehead atoms. The zero-order chi connectivity index (χ0) is 12.5. The molecular formula is C15H26N2O. The SMILES string of the molecule is NC1CN(C(=O)C2CCCCCC2)CC1C1CC1. The zero-order valence-electron chi connectivity index (χ0n) is 11.3. The number of likely N-dealkylation sites (tertiary alicyclic amines) is 1. The average molecular weight is 250 g/mol. The molecule has 0 spiro atoms. The van der Waals surface area contributed by atoms with Gasteiger partial charge in [-0.15, -0.1) is 0 Å². The van der Waals surface area contributed by atoms with Gasteiger partial charge in [0.05, 0.1) is 0 Å². The topological polar surface area (TPSA) is 46.3 Å². The van der Waals surface area contributed by atoms with Crippen LogP contribution in [0.25, 0.3) is 0 Å². The fourth-order valence-corrected chi connectivity index (χ4v) is 3.84. The van der Waals surface area contributed by atoms with Gasteiger partial charge in [0.25, 0.3) is 0 Å². The number of rotatable bonds is 2. The van der Waals surface area contributed by atoms with E-state index in [4.69, 9.17) is 5.73 Å². The second-order valence-electron chi connectivity index (χ2n) is 6.60. The van der Waals surface area contributed by atoms with E-state index in [0.29, 0.717) is 17.7 Å². The van der Waals surface area contributed by atoms with Crippen molar-refractivity contribution in [3.63, 3.8) is 0 Å². The first-order chi connectivity index (χ1) is 8.75. The van der Waals surface area contributed by atoms with Crippen LogP contribution in [0.1, 0.15) is 51.4 Å². The van der Waals surface area contributed by atoms with E-state index in [-0.39, 0.29) is 6.04 Å². The highest BCUT2D eigenvalue weighted by atomic mass is 16.2. The van der Waals surface area contributed by atoms with Crippen molar-refractivity contribution in [2.24, 2.45) is 23.5 Å². The molecule has 3 fully saturated rings. The molecular weight excluding hydrogens is 224 g/mol. The predicted octanol–water partition coefficient (Wildman–Crippen LogP) is 2.15. The third kappa shape index (κ3) is 2.56. The first-order valence-corrected chi connectivity index (χ1v) is 7.80. The second kappa shape index (κ2) is 5.20. The number of hydrogen-bond donors (Lipinski definition) is 1. The fourth-order valence-electron chi connectivity index (χ4n) is 3.84. The maximum Gasteiger partial charge on any atom is 0.225 e. The van der Waals surface area contributed by atoms with Gasteiger partial charge in [0.15, 0.2) is 0 Å². The Morgan fingerprint density at radius 3 is 2.22 bits per heavy atom. The van der Waals surface area contributed by atoms with Gasteiger partial charge in [-0.05, 0) is 37.5 Å². The summed E-state index contributed by atoms with van der Waals surface area (Å²) in [4.78, 5) is 14.6. The maximum atomic E-state index is 12.6. The summed E-state index contributed by atoms with van der Waals surface area (Å²) in [6, 6.07) is 0.243. The van der Waals surface area contributed by atoms with E-state index < -0.39 is 0 Å². The normalized spacial score (nSPS) is 34.6. The summed E-state index contributed by atoms with van der Waals surface area (Å²) in [5, 5.41) is 0. The fraction of sp³-hybridized carbons (Fsp3) is 0.933. The van der Waals surface area contributed by atoms with Crippen molar-refractivity contribution in [3.05, 3.63) is 0 Å². The lowest BCUT2D eigenvalue weighted by atomic mass is 9.98. The van der Waals surface area contributed by atoms with Crippen LogP contribution in [0.2, 0.25) is 0 Å². The van der Waals surface area contributed by atoms with Crippen LogP contribution in [-0.2, 0) is 4.79 Å². The van der Waals surface area contributed by atoms with Gasteiger partial charge in [-0.2, -0.15) is 0 Å². The molecule has 2 atom stereocenters. The highest BCUT2D eigenvalue weighted by Gasteiger charge is 2.43. The predicted molar refractivity (Wildman–Crippen MR) is 72.0 cm³/mol. The molecule has 0 aromatic carbocycles. The summed E-state index contributed by atoms with van der Waals surface area (Å²) in [5.41, 5.74) is 6.21. The van der Waals surface area contributed by atoms with E-state index in [2.05, 4.69) is 4.90 Å². The van der Waals surface area contributed by atoms with Crippen LogP contribution in [0.4, 0.5) is 0 Å². The molecule has 0 radical (unpaired) electrons. The molecule has 1 heterocycles. The van der Waals surface area contributed by atoms with E-state index >= 15 is 0 Å². The molecule has 3 rings (SSSR count). The van der Waals surface area contributed by atoms with Crippen LogP contribution in [-0.4, -0.2) is 29.9 Å². The molecule has 1 saturated heterocycles. The third-order valence-corrected chi connectivity index (χ3v) is 5.16. The Morgan fingerprint density at radius 1 is 0.944 bits per heavy atom. The van der Waals surface area contributed by atoms with Gasteiger partial charge < -0.3 is 10.6 Å². The Labute approximate surface area is 110 Å². The summed E-state index contributed by atoms with van der Waals surface area (Å²) < 4.78 is 0. The Bertz CT molecular complexity index is 306. The molecule has 0 aromatic heterocycles. The number of nitrogens with two attached hydrogens (primary N) is 1. The standard InChI is InChI=1S/C15H26N2O/c16-14-10-17(9-13(14)11-7-8-11)15(18)12-5-3-1-2-4-6-12/h11-14H,1-10,16H2. The van der Waals surface area contributed by atoms with Crippen LogP contribution in [0.5, 0.6) is 0 Å². The molecule has 102 valence electrons. The van der Waals surface area contributed by atoms with Gasteiger partial charge in [-0.3, -0.25) is 4.79 Å². The van der Waals surface area contributed by atoms with Crippen molar-refractivity contribution in [1.29, 1.82) is 0 Å². The number of nitrogens with zero attached hydrogens (tertiary/aromatic N) is 1. The van der Waals surface area contributed by atoms with E-state index in [9.17, 15) is 4.79 Å². The number of hydrogen-bond acceptors (Lipinski definition) is 2. The second-order valence-corrected chi connectivity index (χ2v) is 6.60. The maximum absolute atomic E-state index is 12.6. The van der Waals surface area contributed by atoms with Crippen molar-refractivity contribution in [2.75, 3.05) is 13.1 Å². The highest BCUT2D eigenvalue weighted by Crippen LogP contribution is 2.41.